The van der Waals surface area contributed by atoms with Crippen LogP contribution in [0.3, 0.4) is 0 Å². The van der Waals surface area contributed by atoms with Gasteiger partial charge < -0.3 is 12.3 Å². The third kappa shape index (κ3) is 12.6. The highest BCUT2D eigenvalue weighted by atomic mass is 35.8. The Balaban J connectivity index is 6.56. The molecule has 15 heteroatoms. The maximum atomic E-state index is 6.64. The molecule has 0 radical (unpaired) electrons. The minimum Gasteiger partial charge on any atom is -0.417 e. The van der Waals surface area contributed by atoms with E-state index in [9.17, 15) is 0 Å². The van der Waals surface area contributed by atoms with Crippen molar-refractivity contribution in [1.29, 1.82) is 0 Å². The average Bonchev–Trinajstić information content (AvgIpc) is 2.14. The highest BCUT2D eigenvalue weighted by Gasteiger charge is 2.64. The first-order valence-electron chi connectivity index (χ1n) is 8.20. The fraction of sp³-hybridized carbons (Fsp3) is 1.00. The summed E-state index contributed by atoms with van der Waals surface area (Å²) in [5, 5.41) is -0.607. The van der Waals surface area contributed by atoms with Crippen molar-refractivity contribution in [3.63, 3.8) is 0 Å². The van der Waals surface area contributed by atoms with Gasteiger partial charge in [-0.1, -0.05) is 0 Å². The van der Waals surface area contributed by atoms with Crippen molar-refractivity contribution in [3.8, 4) is 0 Å². The Bertz CT molecular complexity index is 425. The van der Waals surface area contributed by atoms with Gasteiger partial charge in [-0.2, -0.15) is 0 Å². The van der Waals surface area contributed by atoms with Gasteiger partial charge >= 0.3 is 20.8 Å². The largest absolute Gasteiger partial charge is 0.473 e. The van der Waals surface area contributed by atoms with Crippen LogP contribution in [0.1, 0.15) is 0 Å². The zero-order chi connectivity index (χ0) is 21.4. The molecule has 158 valence electrons. The summed E-state index contributed by atoms with van der Waals surface area (Å²) in [5.74, 6) is 0. The minimum atomic E-state index is -3.44. The molecule has 1 unspecified atom stereocenters. The molecule has 0 aliphatic rings. The van der Waals surface area contributed by atoms with E-state index in [0.717, 1.165) is 0 Å². The van der Waals surface area contributed by atoms with Gasteiger partial charge in [0.25, 0.3) is 0 Å². The van der Waals surface area contributed by atoms with Crippen molar-refractivity contribution in [2.24, 2.45) is 0 Å². The fourth-order valence-corrected chi connectivity index (χ4v) is 32.6. The fourth-order valence-electron chi connectivity index (χ4n) is 2.23. The molecule has 3 nitrogen and oxygen atoms in total. The molecule has 0 N–H and O–H groups in total. The second-order valence-electron chi connectivity index (χ2n) is 9.16. The highest BCUT2D eigenvalue weighted by molar-refractivity contribution is 7.68. The summed E-state index contributed by atoms with van der Waals surface area (Å²) in [7, 11) is -9.81. The van der Waals surface area contributed by atoms with Gasteiger partial charge in [0.15, 0.2) is 25.0 Å². The molecular formula is C11H30Cl6O3Si6. The average molecular weight is 592 g/mol. The first kappa shape index (κ1) is 28.9. The summed E-state index contributed by atoms with van der Waals surface area (Å²) >= 11 is 38.4. The zero-order valence-electron chi connectivity index (χ0n) is 16.8. The van der Waals surface area contributed by atoms with Crippen molar-refractivity contribution >= 4 is 112 Å². The molecule has 0 bridgehead atoms. The molecule has 0 spiro atoms. The van der Waals surface area contributed by atoms with Crippen LogP contribution in [0.25, 0.3) is 0 Å². The molecule has 26 heavy (non-hydrogen) atoms. The molecule has 0 aromatic heterocycles. The van der Waals surface area contributed by atoms with Crippen LogP contribution >= 0.6 is 66.5 Å². The van der Waals surface area contributed by atoms with Crippen LogP contribution in [0.4, 0.5) is 0 Å². The van der Waals surface area contributed by atoms with Crippen molar-refractivity contribution in [2.45, 2.75) is 70.1 Å². The molecule has 0 amide bonds. The SMILES string of the molecule is C[Si](C)(C)O[Si](O[Si](C)(C)C)(O[Si](C)(C)C)C(C[Si](Cl)(Cl)Cl)[Si](Cl)(Cl)Cl. The van der Waals surface area contributed by atoms with Crippen LogP contribution in [0.5, 0.6) is 0 Å². The lowest BCUT2D eigenvalue weighted by Gasteiger charge is -2.48. The van der Waals surface area contributed by atoms with Gasteiger partial charge in [-0.25, -0.2) is 0 Å². The van der Waals surface area contributed by atoms with Crippen LogP contribution in [0, 0.1) is 0 Å². The molecule has 0 rings (SSSR count). The molecule has 0 aliphatic heterocycles. The molecule has 0 heterocycles. The van der Waals surface area contributed by atoms with E-state index in [1.165, 1.54) is 0 Å². The van der Waals surface area contributed by atoms with Crippen LogP contribution in [-0.4, -0.2) is 45.8 Å². The first-order chi connectivity index (χ1) is 11.0. The molecular weight excluding hydrogens is 561 g/mol. The van der Waals surface area contributed by atoms with Crippen molar-refractivity contribution in [2.75, 3.05) is 0 Å². The van der Waals surface area contributed by atoms with Gasteiger partial charge in [0.05, 0.1) is 5.16 Å². The van der Waals surface area contributed by atoms with E-state index in [1.807, 2.05) is 0 Å². The van der Waals surface area contributed by atoms with E-state index in [0.29, 0.717) is 0 Å². The second-order valence-corrected chi connectivity index (χ2v) is 44.8. The minimum absolute atomic E-state index is 0.159. The Morgan fingerprint density at radius 2 is 0.846 bits per heavy atom. The maximum Gasteiger partial charge on any atom is 0.473 e. The van der Waals surface area contributed by atoms with Gasteiger partial charge in [-0.15, -0.1) is 66.5 Å². The standard InChI is InChI=1S/C11H30Cl6O3Si6/c1-21(2,3)18-26(19-22(4,5)6,20-23(7,8)9)11(25(15,16)17)10-24(12,13)14/h11H,10H2,1-9H3. The van der Waals surface area contributed by atoms with Crippen molar-refractivity contribution < 1.29 is 12.3 Å². The monoisotopic (exact) mass is 588 g/mol. The lowest BCUT2D eigenvalue weighted by atomic mass is 10.9. The second kappa shape index (κ2) is 9.60. The normalized spacial score (nSPS) is 16.7. The van der Waals surface area contributed by atoms with Gasteiger partial charge in [0.2, 0.25) is 0 Å². The van der Waals surface area contributed by atoms with Crippen LogP contribution in [0.15, 0.2) is 0 Å². The smallest absolute Gasteiger partial charge is 0.417 e. The Labute approximate surface area is 193 Å². The van der Waals surface area contributed by atoms with E-state index in [-0.39, 0.29) is 6.04 Å². The predicted molar refractivity (Wildman–Crippen MR) is 134 cm³/mol. The Kier molecular flexibility index (Phi) is 10.7. The number of hydrogen-bond acceptors (Lipinski definition) is 3. The van der Waals surface area contributed by atoms with E-state index >= 15 is 0 Å². The van der Waals surface area contributed by atoms with E-state index in [4.69, 9.17) is 78.8 Å². The molecule has 0 saturated carbocycles. The highest BCUT2D eigenvalue weighted by Crippen LogP contribution is 2.51. The summed E-state index contributed by atoms with van der Waals surface area (Å²) < 4.78 is 19.9. The van der Waals surface area contributed by atoms with Crippen molar-refractivity contribution in [3.05, 3.63) is 0 Å². The number of hydrogen-bond donors (Lipinski definition) is 0. The van der Waals surface area contributed by atoms with Crippen LogP contribution < -0.4 is 0 Å². The van der Waals surface area contributed by atoms with Gasteiger partial charge in [-0.3, -0.25) is 0 Å². The van der Waals surface area contributed by atoms with E-state index in [2.05, 4.69) is 58.9 Å². The van der Waals surface area contributed by atoms with Crippen molar-refractivity contribution in [1.82, 2.24) is 0 Å². The van der Waals surface area contributed by atoms with Crippen LogP contribution in [0.2, 0.25) is 70.1 Å². The maximum absolute atomic E-state index is 6.64. The third-order valence-corrected chi connectivity index (χ3v) is 24.9. The molecule has 0 aromatic rings. The lowest BCUT2D eigenvalue weighted by molar-refractivity contribution is 0.248. The Morgan fingerprint density at radius 3 is 1.00 bits per heavy atom. The predicted octanol–water partition coefficient (Wildman–Crippen LogP) is 7.70. The summed E-state index contributed by atoms with van der Waals surface area (Å²) in [4.78, 5) is 0. The first-order valence-corrected chi connectivity index (χ1v) is 30.6. The van der Waals surface area contributed by atoms with Gasteiger partial charge in [0, 0.05) is 0 Å². The summed E-state index contributed by atoms with van der Waals surface area (Å²) in [6.45, 7) is 18.6. The van der Waals surface area contributed by atoms with Gasteiger partial charge in [0.1, 0.15) is 0 Å². The molecule has 1 atom stereocenters. The Morgan fingerprint density at radius 1 is 0.577 bits per heavy atom. The molecule has 0 fully saturated rings. The summed E-state index contributed by atoms with van der Waals surface area (Å²) in [6, 6.07) is -6.35. The molecule has 0 saturated heterocycles. The van der Waals surface area contributed by atoms with Gasteiger partial charge in [-0.05, 0) is 65.0 Å². The zero-order valence-corrected chi connectivity index (χ0v) is 27.3. The number of rotatable bonds is 10. The summed E-state index contributed by atoms with van der Waals surface area (Å²) in [5.41, 5.74) is 0. The Hall–Kier alpha value is 2.92. The quantitative estimate of drug-likeness (QED) is 0.193. The van der Waals surface area contributed by atoms with E-state index < -0.39 is 50.9 Å². The third-order valence-electron chi connectivity index (χ3n) is 2.60. The van der Waals surface area contributed by atoms with E-state index in [1.54, 1.807) is 0 Å². The summed E-state index contributed by atoms with van der Waals surface area (Å²) in [6.07, 6.45) is 0. The lowest BCUT2D eigenvalue weighted by Crippen LogP contribution is -2.66. The van der Waals surface area contributed by atoms with Crippen LogP contribution in [-0.2, 0) is 12.3 Å². The number of halogens is 6. The molecule has 0 aromatic carbocycles. The topological polar surface area (TPSA) is 27.7 Å². The molecule has 0 aliphatic carbocycles.